The van der Waals surface area contributed by atoms with Gasteiger partial charge >= 0.3 is 14.2 Å². The van der Waals surface area contributed by atoms with Crippen molar-refractivity contribution >= 4 is 14.2 Å². The summed E-state index contributed by atoms with van der Waals surface area (Å²) in [5.74, 6) is -0.494. The predicted octanol–water partition coefficient (Wildman–Crippen LogP) is 1.01. The summed E-state index contributed by atoms with van der Waals surface area (Å²) in [5, 5.41) is 0. The molecule has 1 unspecified atom stereocenters. The molecule has 0 aliphatic rings. The van der Waals surface area contributed by atoms with Crippen LogP contribution in [0.25, 0.3) is 0 Å². The monoisotopic (exact) mass is 294 g/mol. The summed E-state index contributed by atoms with van der Waals surface area (Å²) < 4.78 is 26.4. The second-order valence-corrected chi connectivity index (χ2v) is 5.69. The molecule has 1 atom stereocenters. The highest BCUT2D eigenvalue weighted by atomic mass is 31.1. The van der Waals surface area contributed by atoms with Crippen LogP contribution >= 0.6 is 8.25 Å². The van der Waals surface area contributed by atoms with Crippen molar-refractivity contribution in [3.05, 3.63) is 12.2 Å². The van der Waals surface area contributed by atoms with Gasteiger partial charge in [0.2, 0.25) is 0 Å². The third-order valence-corrected chi connectivity index (χ3v) is 2.53. The SMILES string of the molecule is C=C(C)C(=O)OCCO[P+](=O)OCCN[N+](C)(C)C. The van der Waals surface area contributed by atoms with Crippen molar-refractivity contribution in [2.75, 3.05) is 47.5 Å². The zero-order chi connectivity index (χ0) is 14.9. The van der Waals surface area contributed by atoms with Crippen LogP contribution in [0.1, 0.15) is 6.92 Å². The Hall–Kier alpha value is -0.850. The van der Waals surface area contributed by atoms with Crippen molar-refractivity contribution in [3.63, 3.8) is 0 Å². The summed E-state index contributed by atoms with van der Waals surface area (Å²) >= 11 is 0. The van der Waals surface area contributed by atoms with E-state index in [4.69, 9.17) is 13.8 Å². The fourth-order valence-electron chi connectivity index (χ4n) is 0.908. The first-order valence-electron chi connectivity index (χ1n) is 5.84. The topological polar surface area (TPSA) is 73.9 Å². The molecule has 0 radical (unpaired) electrons. The lowest BCUT2D eigenvalue weighted by molar-refractivity contribution is -0.915. The number of carbonyl (C=O) groups is 1. The lowest BCUT2D eigenvalue weighted by Gasteiger charge is -2.23. The van der Waals surface area contributed by atoms with E-state index in [1.165, 1.54) is 0 Å². The second kappa shape index (κ2) is 9.12. The van der Waals surface area contributed by atoms with E-state index in [1.807, 2.05) is 21.1 Å². The summed E-state index contributed by atoms with van der Waals surface area (Å²) in [6.07, 6.45) is 0. The number of esters is 1. The number of quaternary nitrogens is 1. The van der Waals surface area contributed by atoms with Gasteiger partial charge in [0, 0.05) is 10.1 Å². The first-order valence-corrected chi connectivity index (χ1v) is 6.94. The molecule has 0 aliphatic heterocycles. The van der Waals surface area contributed by atoms with Gasteiger partial charge in [-0.3, -0.25) is 4.59 Å². The first kappa shape index (κ1) is 18.1. The Morgan fingerprint density at radius 1 is 1.21 bits per heavy atom. The average Bonchev–Trinajstić information content (AvgIpc) is 2.28. The molecule has 19 heavy (non-hydrogen) atoms. The van der Waals surface area contributed by atoms with Gasteiger partial charge in [0.05, 0.1) is 27.7 Å². The molecule has 0 aromatic carbocycles. The van der Waals surface area contributed by atoms with E-state index in [0.717, 1.165) is 0 Å². The Balaban J connectivity index is 3.50. The van der Waals surface area contributed by atoms with Crippen LogP contribution in [0.15, 0.2) is 12.2 Å². The van der Waals surface area contributed by atoms with Crippen LogP contribution in [-0.2, 0) is 23.1 Å². The number of hydrogen-bond donors (Lipinski definition) is 1. The van der Waals surface area contributed by atoms with Crippen molar-refractivity contribution in [3.8, 4) is 0 Å². The maximum Gasteiger partial charge on any atom is 0.697 e. The molecule has 1 N–H and O–H groups in total. The lowest BCUT2D eigenvalue weighted by Crippen LogP contribution is -2.49. The Labute approximate surface area is 115 Å². The van der Waals surface area contributed by atoms with Crippen LogP contribution in [0.2, 0.25) is 0 Å². The molecular weight excluding hydrogens is 271 g/mol. The minimum absolute atomic E-state index is 0.0211. The minimum atomic E-state index is -2.18. The molecule has 7 nitrogen and oxygen atoms in total. The van der Waals surface area contributed by atoms with Gasteiger partial charge in [-0.15, -0.1) is 9.05 Å². The Morgan fingerprint density at radius 3 is 2.32 bits per heavy atom. The van der Waals surface area contributed by atoms with E-state index in [0.29, 0.717) is 16.7 Å². The van der Waals surface area contributed by atoms with Gasteiger partial charge in [0.25, 0.3) is 0 Å². The number of hydrogen-bond acceptors (Lipinski definition) is 6. The second-order valence-electron chi connectivity index (χ2n) is 4.73. The highest BCUT2D eigenvalue weighted by Crippen LogP contribution is 2.22. The average molecular weight is 294 g/mol. The summed E-state index contributed by atoms with van der Waals surface area (Å²) in [6.45, 7) is 5.86. The molecule has 0 fully saturated rings. The summed E-state index contributed by atoms with van der Waals surface area (Å²) in [4.78, 5) is 11.0. The quantitative estimate of drug-likeness (QED) is 0.162. The maximum absolute atomic E-state index is 11.3. The van der Waals surface area contributed by atoms with E-state index >= 15 is 0 Å². The van der Waals surface area contributed by atoms with Crippen molar-refractivity contribution in [1.29, 1.82) is 0 Å². The van der Waals surface area contributed by atoms with Crippen molar-refractivity contribution in [2.24, 2.45) is 0 Å². The Kier molecular flexibility index (Phi) is 8.71. The largest absolute Gasteiger partial charge is 0.697 e. The highest BCUT2D eigenvalue weighted by Gasteiger charge is 2.20. The van der Waals surface area contributed by atoms with Gasteiger partial charge in [-0.2, -0.15) is 5.43 Å². The molecule has 0 amide bonds. The summed E-state index contributed by atoms with van der Waals surface area (Å²) in [7, 11) is 3.71. The molecule has 0 aromatic heterocycles. The molecule has 0 spiro atoms. The van der Waals surface area contributed by atoms with E-state index < -0.39 is 14.2 Å². The van der Waals surface area contributed by atoms with Gasteiger partial charge < -0.3 is 4.74 Å². The third-order valence-electron chi connectivity index (χ3n) is 1.75. The van der Waals surface area contributed by atoms with Gasteiger partial charge in [0.15, 0.2) is 0 Å². The third kappa shape index (κ3) is 11.9. The predicted molar refractivity (Wildman–Crippen MR) is 71.3 cm³/mol. The van der Waals surface area contributed by atoms with E-state index in [-0.39, 0.29) is 19.8 Å². The molecule has 0 heterocycles. The zero-order valence-electron chi connectivity index (χ0n) is 12.0. The van der Waals surface area contributed by atoms with E-state index in [9.17, 15) is 9.36 Å². The number of ether oxygens (including phenoxy) is 1. The number of nitrogens with one attached hydrogen (secondary N) is 1. The Bertz CT molecular complexity index is 328. The van der Waals surface area contributed by atoms with Crippen molar-refractivity contribution in [2.45, 2.75) is 6.92 Å². The molecule has 0 bridgehead atoms. The van der Waals surface area contributed by atoms with E-state index in [1.54, 1.807) is 6.92 Å². The van der Waals surface area contributed by atoms with Crippen LogP contribution in [-0.4, -0.2) is 58.1 Å². The smallest absolute Gasteiger partial charge is 0.460 e. The highest BCUT2D eigenvalue weighted by molar-refractivity contribution is 7.33. The lowest BCUT2D eigenvalue weighted by atomic mass is 10.4. The fraction of sp³-hybridized carbons (Fsp3) is 0.727. The summed E-state index contributed by atoms with van der Waals surface area (Å²) in [6, 6.07) is 0. The zero-order valence-corrected chi connectivity index (χ0v) is 12.9. The van der Waals surface area contributed by atoms with Gasteiger partial charge in [-0.05, 0) is 6.92 Å². The van der Waals surface area contributed by atoms with Crippen LogP contribution in [0.4, 0.5) is 0 Å². The van der Waals surface area contributed by atoms with Crippen LogP contribution in [0.3, 0.4) is 0 Å². The molecule has 0 saturated carbocycles. The number of carbonyl (C=O) groups excluding carboxylic acids is 1. The summed E-state index contributed by atoms with van der Waals surface area (Å²) in [5.41, 5.74) is 3.43. The Morgan fingerprint density at radius 2 is 1.79 bits per heavy atom. The van der Waals surface area contributed by atoms with Crippen LogP contribution in [0.5, 0.6) is 0 Å². The normalized spacial score (nSPS) is 12.1. The standard InChI is InChI=1S/C11H23N2O5P/c1-10(2)11(14)16-8-9-18-19(15)17-7-6-12-13(3,4)5/h12H,1,6-9H2,2-5H3/q+2. The molecule has 8 heteroatoms. The number of nitrogens with zero attached hydrogens (tertiary/aromatic N) is 1. The number of rotatable bonds is 10. The van der Waals surface area contributed by atoms with Crippen molar-refractivity contribution in [1.82, 2.24) is 5.43 Å². The molecule has 0 aromatic rings. The fourth-order valence-corrected chi connectivity index (χ4v) is 1.45. The minimum Gasteiger partial charge on any atom is -0.460 e. The maximum atomic E-state index is 11.3. The van der Waals surface area contributed by atoms with E-state index in [2.05, 4.69) is 12.0 Å². The van der Waals surface area contributed by atoms with Crippen LogP contribution < -0.4 is 5.43 Å². The molecule has 0 saturated heterocycles. The van der Waals surface area contributed by atoms with Crippen LogP contribution in [0, 0.1) is 0 Å². The van der Waals surface area contributed by atoms with Gasteiger partial charge in [-0.1, -0.05) is 6.58 Å². The van der Waals surface area contributed by atoms with Gasteiger partial charge in [-0.25, -0.2) is 4.79 Å². The first-order chi connectivity index (χ1) is 8.72. The molecular formula is C11H23N2O5P+2. The molecule has 110 valence electrons. The molecule has 0 rings (SSSR count). The van der Waals surface area contributed by atoms with Gasteiger partial charge in [0.1, 0.15) is 19.8 Å². The molecule has 0 aliphatic carbocycles. The van der Waals surface area contributed by atoms with Crippen molar-refractivity contribution < 1.29 is 27.7 Å².